The molecular weight excluding hydrogens is 512 g/mol. The normalized spacial score (nSPS) is 15.4. The molecule has 214 valence electrons. The fourth-order valence-electron chi connectivity index (χ4n) is 3.11. The van der Waals surface area contributed by atoms with Gasteiger partial charge in [0, 0.05) is 18.7 Å². The quantitative estimate of drug-likeness (QED) is 0.0551. The lowest BCUT2D eigenvalue weighted by molar-refractivity contribution is -0.245. The van der Waals surface area contributed by atoms with E-state index >= 15 is 0 Å². The maximum atomic E-state index is 11.8. The molecule has 3 atom stereocenters. The average molecular weight is 549 g/mol. The number of carboxylic acid groups (broad SMARTS) is 1. The number of allylic oxidation sites excluding steroid dienone is 6. The molecule has 0 spiro atoms. The number of phenols is 1. The molecule has 11 heteroatoms. The van der Waals surface area contributed by atoms with E-state index in [0.717, 1.165) is 11.6 Å². The standard InChI is InChI=1S/C28H36O11/c1-18(38-17-19(2)39-28(36)26(33)27(34)35)14-20(12-13-37-3)15-22-11-10-21(25(32)23(22)16-29)8-6-4-5-7-9-24(30)31/h4-11,14-16,19,26-28,32-36H,12-13,17H2,1-3H3,(H,30,31)/b5-4+,8-6+,9-7+,18-14+,20-15-. The predicted octanol–water partition coefficient (Wildman–Crippen LogP) is 2.15. The minimum absolute atomic E-state index is 0.0207. The van der Waals surface area contributed by atoms with Gasteiger partial charge >= 0.3 is 5.97 Å². The van der Waals surface area contributed by atoms with Crippen LogP contribution in [0.15, 0.2) is 59.9 Å². The Morgan fingerprint density at radius 3 is 2.33 bits per heavy atom. The molecule has 0 saturated heterocycles. The summed E-state index contributed by atoms with van der Waals surface area (Å²) in [6.45, 7) is 3.59. The van der Waals surface area contributed by atoms with Crippen LogP contribution in [0.3, 0.4) is 0 Å². The number of phenolic OH excluding ortho intramolecular Hbond substituents is 1. The zero-order valence-electron chi connectivity index (χ0n) is 22.0. The largest absolute Gasteiger partial charge is 0.507 e. The number of methoxy groups -OCH3 is 1. The summed E-state index contributed by atoms with van der Waals surface area (Å²) in [5.41, 5.74) is 1.66. The SMILES string of the molecule is COCCC(=C/c1ccc(/C=C/C=C/C=C/C(=O)O)c(O)c1C=O)/C=C(\C)OCC(C)OC(O)C(O)C(O)O. The first-order valence-corrected chi connectivity index (χ1v) is 11.9. The number of aldehydes is 1. The number of carbonyl (C=O) groups excluding carboxylic acids is 1. The lowest BCUT2D eigenvalue weighted by Gasteiger charge is -2.23. The van der Waals surface area contributed by atoms with E-state index in [0.29, 0.717) is 36.2 Å². The lowest BCUT2D eigenvalue weighted by Crippen LogP contribution is -2.41. The van der Waals surface area contributed by atoms with Crippen LogP contribution in [0.5, 0.6) is 5.75 Å². The van der Waals surface area contributed by atoms with Gasteiger partial charge in [-0.15, -0.1) is 0 Å². The molecule has 0 fully saturated rings. The molecule has 0 amide bonds. The summed E-state index contributed by atoms with van der Waals surface area (Å²) < 4.78 is 15.9. The number of carbonyl (C=O) groups is 2. The Hall–Kier alpha value is -3.58. The molecule has 0 radical (unpaired) electrons. The first-order valence-electron chi connectivity index (χ1n) is 11.9. The van der Waals surface area contributed by atoms with Crippen molar-refractivity contribution < 1.29 is 54.4 Å². The first-order chi connectivity index (χ1) is 18.5. The number of ether oxygens (including phenoxy) is 3. The van der Waals surface area contributed by atoms with Gasteiger partial charge in [-0.05, 0) is 37.5 Å². The third-order valence-electron chi connectivity index (χ3n) is 5.09. The van der Waals surface area contributed by atoms with Gasteiger partial charge in [-0.2, -0.15) is 0 Å². The van der Waals surface area contributed by atoms with E-state index in [1.54, 1.807) is 63.5 Å². The van der Waals surface area contributed by atoms with Crippen LogP contribution in [0.1, 0.15) is 41.8 Å². The molecule has 0 bridgehead atoms. The molecule has 1 aromatic rings. The summed E-state index contributed by atoms with van der Waals surface area (Å²) >= 11 is 0. The minimum atomic E-state index is -2.16. The molecular formula is C28H36O11. The monoisotopic (exact) mass is 548 g/mol. The van der Waals surface area contributed by atoms with E-state index in [1.165, 1.54) is 12.2 Å². The number of rotatable bonds is 17. The van der Waals surface area contributed by atoms with Crippen molar-refractivity contribution in [2.45, 2.75) is 45.1 Å². The van der Waals surface area contributed by atoms with Crippen LogP contribution in [0.4, 0.5) is 0 Å². The molecule has 0 aliphatic carbocycles. The fourth-order valence-corrected chi connectivity index (χ4v) is 3.11. The van der Waals surface area contributed by atoms with Gasteiger partial charge in [0.05, 0.1) is 24.0 Å². The zero-order chi connectivity index (χ0) is 29.4. The third kappa shape index (κ3) is 12.7. The summed E-state index contributed by atoms with van der Waals surface area (Å²) in [7, 11) is 1.54. The zero-order valence-corrected chi connectivity index (χ0v) is 22.0. The van der Waals surface area contributed by atoms with E-state index in [1.807, 2.05) is 0 Å². The summed E-state index contributed by atoms with van der Waals surface area (Å²) in [6.07, 6.45) is 6.44. The maximum Gasteiger partial charge on any atom is 0.328 e. The Bertz CT molecular complexity index is 1080. The third-order valence-corrected chi connectivity index (χ3v) is 5.09. The summed E-state index contributed by atoms with van der Waals surface area (Å²) in [5.74, 6) is -0.820. The molecule has 1 rings (SSSR count). The van der Waals surface area contributed by atoms with Crippen molar-refractivity contribution in [2.75, 3.05) is 20.3 Å². The van der Waals surface area contributed by atoms with Crippen LogP contribution in [0.2, 0.25) is 0 Å². The Morgan fingerprint density at radius 1 is 1.05 bits per heavy atom. The van der Waals surface area contributed by atoms with Crippen LogP contribution in [-0.4, -0.2) is 88.0 Å². The van der Waals surface area contributed by atoms with E-state index in [9.17, 15) is 24.9 Å². The average Bonchev–Trinajstić information content (AvgIpc) is 2.88. The first kappa shape index (κ1) is 33.4. The Morgan fingerprint density at radius 2 is 1.72 bits per heavy atom. The number of aromatic hydroxyl groups is 1. The highest BCUT2D eigenvalue weighted by molar-refractivity contribution is 5.88. The molecule has 0 saturated carbocycles. The van der Waals surface area contributed by atoms with Crippen LogP contribution >= 0.6 is 0 Å². The maximum absolute atomic E-state index is 11.8. The van der Waals surface area contributed by atoms with Crippen molar-refractivity contribution in [1.29, 1.82) is 0 Å². The molecule has 6 N–H and O–H groups in total. The van der Waals surface area contributed by atoms with Gasteiger partial charge in [-0.1, -0.05) is 48.6 Å². The fraction of sp³-hybridized carbons (Fsp3) is 0.357. The predicted molar refractivity (Wildman–Crippen MR) is 143 cm³/mol. The Kier molecular flexibility index (Phi) is 15.3. The number of aliphatic carboxylic acids is 1. The summed E-state index contributed by atoms with van der Waals surface area (Å²) in [5, 5.41) is 56.1. The molecule has 1 aromatic carbocycles. The summed E-state index contributed by atoms with van der Waals surface area (Å²) in [6, 6.07) is 3.31. The number of hydrogen-bond donors (Lipinski definition) is 6. The highest BCUT2D eigenvalue weighted by Gasteiger charge is 2.25. The van der Waals surface area contributed by atoms with Gasteiger partial charge in [-0.25, -0.2) is 4.79 Å². The van der Waals surface area contributed by atoms with E-state index < -0.39 is 30.8 Å². The topological polar surface area (TPSA) is 183 Å². The van der Waals surface area contributed by atoms with Gasteiger partial charge < -0.3 is 44.8 Å². The van der Waals surface area contributed by atoms with Gasteiger partial charge in [-0.3, -0.25) is 4.79 Å². The smallest absolute Gasteiger partial charge is 0.328 e. The van der Waals surface area contributed by atoms with Gasteiger partial charge in [0.1, 0.15) is 12.4 Å². The molecule has 3 unspecified atom stereocenters. The second-order valence-corrected chi connectivity index (χ2v) is 8.34. The molecule has 0 aliphatic rings. The second kappa shape index (κ2) is 17.8. The van der Waals surface area contributed by atoms with Crippen LogP contribution in [0.25, 0.3) is 12.2 Å². The van der Waals surface area contributed by atoms with Crippen molar-refractivity contribution in [1.82, 2.24) is 0 Å². The van der Waals surface area contributed by atoms with E-state index in [4.69, 9.17) is 29.5 Å². The molecule has 0 aliphatic heterocycles. The second-order valence-electron chi connectivity index (χ2n) is 8.34. The lowest BCUT2D eigenvalue weighted by atomic mass is 9.99. The Balaban J connectivity index is 3.07. The van der Waals surface area contributed by atoms with Gasteiger partial charge in [0.15, 0.2) is 25.0 Å². The molecule has 0 heterocycles. The summed E-state index contributed by atoms with van der Waals surface area (Å²) in [4.78, 5) is 22.3. The number of hydrogen-bond acceptors (Lipinski definition) is 10. The van der Waals surface area contributed by atoms with Crippen LogP contribution in [-0.2, 0) is 19.0 Å². The molecule has 0 aromatic heterocycles. The number of aliphatic hydroxyl groups excluding tert-OH is 3. The van der Waals surface area contributed by atoms with Crippen molar-refractivity contribution in [3.8, 4) is 5.75 Å². The molecule has 11 nitrogen and oxygen atoms in total. The van der Waals surface area contributed by atoms with Crippen LogP contribution < -0.4 is 0 Å². The minimum Gasteiger partial charge on any atom is -0.507 e. The van der Waals surface area contributed by atoms with Crippen molar-refractivity contribution >= 4 is 24.4 Å². The van der Waals surface area contributed by atoms with Crippen molar-refractivity contribution in [2.24, 2.45) is 0 Å². The molecule has 39 heavy (non-hydrogen) atoms. The number of carboxylic acids is 1. The number of benzene rings is 1. The van der Waals surface area contributed by atoms with Gasteiger partial charge in [0.2, 0.25) is 0 Å². The van der Waals surface area contributed by atoms with Crippen molar-refractivity contribution in [3.63, 3.8) is 0 Å². The number of aliphatic hydroxyl groups is 4. The highest BCUT2D eigenvalue weighted by atomic mass is 16.6. The highest BCUT2D eigenvalue weighted by Crippen LogP contribution is 2.28. The van der Waals surface area contributed by atoms with E-state index in [2.05, 4.69) is 0 Å². The Labute approximate surface area is 226 Å². The van der Waals surface area contributed by atoms with Crippen molar-refractivity contribution in [3.05, 3.63) is 76.6 Å². The van der Waals surface area contributed by atoms with Crippen LogP contribution in [0, 0.1) is 0 Å². The van der Waals surface area contributed by atoms with E-state index in [-0.39, 0.29) is 17.9 Å². The van der Waals surface area contributed by atoms with Gasteiger partial charge in [0.25, 0.3) is 0 Å².